The number of rotatable bonds is 7. The molecule has 2 aromatic carbocycles. The topological polar surface area (TPSA) is 103 Å². The molecular formula is C17H16F3N3O5. The number of carbonyl (C=O) groups is 1. The number of nitrogens with one attached hydrogen (secondary N) is 2. The first-order valence-corrected chi connectivity index (χ1v) is 7.90. The maximum absolute atomic E-state index is 13.0. The number of nitro groups is 1. The smallest absolute Gasteiger partial charge is 0.418 e. The third-order valence-corrected chi connectivity index (χ3v) is 3.57. The normalized spacial score (nSPS) is 10.9. The van der Waals surface area contributed by atoms with Crippen LogP contribution in [0.25, 0.3) is 0 Å². The van der Waals surface area contributed by atoms with Crippen molar-refractivity contribution in [2.75, 3.05) is 19.1 Å². The van der Waals surface area contributed by atoms with Crippen molar-refractivity contribution < 1.29 is 32.4 Å². The van der Waals surface area contributed by atoms with Gasteiger partial charge in [0, 0.05) is 6.07 Å². The molecule has 0 bridgehead atoms. The molecule has 11 heteroatoms. The highest BCUT2D eigenvalue weighted by Gasteiger charge is 2.33. The van der Waals surface area contributed by atoms with E-state index >= 15 is 0 Å². The van der Waals surface area contributed by atoms with Crippen molar-refractivity contribution >= 4 is 17.3 Å². The van der Waals surface area contributed by atoms with Gasteiger partial charge in [-0.1, -0.05) is 12.1 Å². The number of halogens is 3. The number of benzene rings is 2. The Labute approximate surface area is 157 Å². The molecule has 0 unspecified atom stereocenters. The summed E-state index contributed by atoms with van der Waals surface area (Å²) in [5.74, 6) is -0.899. The number of nitrogens with zero attached hydrogens (tertiary/aromatic N) is 1. The zero-order valence-corrected chi connectivity index (χ0v) is 14.8. The van der Waals surface area contributed by atoms with Gasteiger partial charge in [0.2, 0.25) is 0 Å². The second-order valence-electron chi connectivity index (χ2n) is 5.33. The molecule has 2 rings (SSSR count). The number of hydrogen-bond donors (Lipinski definition) is 2. The van der Waals surface area contributed by atoms with Crippen LogP contribution in [-0.2, 0) is 6.18 Å². The minimum atomic E-state index is -4.65. The van der Waals surface area contributed by atoms with E-state index in [0.29, 0.717) is 0 Å². The van der Waals surface area contributed by atoms with E-state index in [4.69, 9.17) is 9.47 Å². The minimum absolute atomic E-state index is 0.0421. The van der Waals surface area contributed by atoms with E-state index in [0.717, 1.165) is 24.3 Å². The zero-order chi connectivity index (χ0) is 20.9. The fraction of sp³-hybridized carbons (Fsp3) is 0.235. The molecule has 0 heterocycles. The lowest BCUT2D eigenvalue weighted by Crippen LogP contribution is -2.31. The second kappa shape index (κ2) is 8.46. The van der Waals surface area contributed by atoms with Crippen molar-refractivity contribution in [3.05, 3.63) is 57.6 Å². The number of hydrazine groups is 1. The van der Waals surface area contributed by atoms with Crippen molar-refractivity contribution in [2.45, 2.75) is 13.1 Å². The van der Waals surface area contributed by atoms with E-state index in [1.54, 1.807) is 6.92 Å². The molecule has 0 aliphatic rings. The quantitative estimate of drug-likeness (QED) is 0.543. The molecule has 0 aromatic heterocycles. The van der Waals surface area contributed by atoms with E-state index in [1.165, 1.54) is 19.2 Å². The number of alkyl halides is 3. The number of ether oxygens (including phenoxy) is 2. The Morgan fingerprint density at radius 1 is 1.21 bits per heavy atom. The van der Waals surface area contributed by atoms with E-state index < -0.39 is 39.5 Å². The minimum Gasteiger partial charge on any atom is -0.493 e. The molecule has 0 aliphatic carbocycles. The second-order valence-corrected chi connectivity index (χ2v) is 5.33. The molecule has 0 spiro atoms. The molecule has 28 heavy (non-hydrogen) atoms. The lowest BCUT2D eigenvalue weighted by Gasteiger charge is -2.15. The SMILES string of the molecule is CCOc1cc(C(=O)NNc2ccccc2C(F)(F)F)c([N+](=O)[O-])cc1OC. The fourth-order valence-corrected chi connectivity index (χ4v) is 2.34. The summed E-state index contributed by atoms with van der Waals surface area (Å²) in [4.78, 5) is 22.9. The third-order valence-electron chi connectivity index (χ3n) is 3.57. The molecule has 2 N–H and O–H groups in total. The average Bonchev–Trinajstić information content (AvgIpc) is 2.65. The van der Waals surface area contributed by atoms with Gasteiger partial charge in [-0.25, -0.2) is 0 Å². The van der Waals surface area contributed by atoms with Gasteiger partial charge >= 0.3 is 6.18 Å². The summed E-state index contributed by atoms with van der Waals surface area (Å²) in [5.41, 5.74) is 1.77. The maximum Gasteiger partial charge on any atom is 0.418 e. The van der Waals surface area contributed by atoms with E-state index in [2.05, 4.69) is 5.43 Å². The van der Waals surface area contributed by atoms with Gasteiger partial charge in [0.05, 0.1) is 36.0 Å². The first kappa shape index (κ1) is 20.8. The van der Waals surface area contributed by atoms with Crippen molar-refractivity contribution in [3.8, 4) is 11.5 Å². The first-order chi connectivity index (χ1) is 13.2. The molecule has 0 radical (unpaired) electrons. The highest BCUT2D eigenvalue weighted by molar-refractivity contribution is 5.99. The number of anilines is 1. The highest BCUT2D eigenvalue weighted by Crippen LogP contribution is 2.36. The van der Waals surface area contributed by atoms with Crippen molar-refractivity contribution in [2.24, 2.45) is 0 Å². The highest BCUT2D eigenvalue weighted by atomic mass is 19.4. The molecule has 150 valence electrons. The maximum atomic E-state index is 13.0. The number of hydrogen-bond acceptors (Lipinski definition) is 6. The summed E-state index contributed by atoms with van der Waals surface area (Å²) in [5, 5.41) is 11.3. The van der Waals surface area contributed by atoms with Crippen LogP contribution in [0.2, 0.25) is 0 Å². The van der Waals surface area contributed by atoms with Gasteiger partial charge < -0.3 is 9.47 Å². The fourth-order valence-electron chi connectivity index (χ4n) is 2.34. The van der Waals surface area contributed by atoms with Crippen LogP contribution >= 0.6 is 0 Å². The predicted octanol–water partition coefficient (Wildman–Crippen LogP) is 3.78. The number of para-hydroxylation sites is 1. The molecule has 0 aliphatic heterocycles. The first-order valence-electron chi connectivity index (χ1n) is 7.90. The standard InChI is InChI=1S/C17H16F3N3O5/c1-3-28-15-8-10(13(23(25)26)9-14(15)27-2)16(24)22-21-12-7-5-4-6-11(12)17(18,19)20/h4-9,21H,3H2,1-2H3,(H,22,24). The predicted molar refractivity (Wildman–Crippen MR) is 93.4 cm³/mol. The monoisotopic (exact) mass is 399 g/mol. The summed E-state index contributed by atoms with van der Waals surface area (Å²) in [6.45, 7) is 1.86. The van der Waals surface area contributed by atoms with Crippen LogP contribution in [0.1, 0.15) is 22.8 Å². The van der Waals surface area contributed by atoms with Gasteiger partial charge in [-0.05, 0) is 19.1 Å². The van der Waals surface area contributed by atoms with Crippen LogP contribution < -0.4 is 20.3 Å². The number of carbonyl (C=O) groups excluding carboxylic acids is 1. The Bertz CT molecular complexity index is 887. The van der Waals surface area contributed by atoms with Crippen LogP contribution in [0.3, 0.4) is 0 Å². The molecule has 0 saturated heterocycles. The van der Waals surface area contributed by atoms with Gasteiger partial charge in [0.15, 0.2) is 11.5 Å². The van der Waals surface area contributed by atoms with Crippen molar-refractivity contribution in [1.29, 1.82) is 0 Å². The lowest BCUT2D eigenvalue weighted by molar-refractivity contribution is -0.385. The molecule has 2 aromatic rings. The largest absolute Gasteiger partial charge is 0.493 e. The van der Waals surface area contributed by atoms with Crippen molar-refractivity contribution in [1.82, 2.24) is 5.43 Å². The molecular weight excluding hydrogens is 383 g/mol. The van der Waals surface area contributed by atoms with Crippen molar-refractivity contribution in [3.63, 3.8) is 0 Å². The number of nitro benzene ring substituents is 1. The Hall–Kier alpha value is -3.50. The van der Waals surface area contributed by atoms with E-state index in [-0.39, 0.29) is 18.1 Å². The van der Waals surface area contributed by atoms with Gasteiger partial charge in [-0.15, -0.1) is 0 Å². The third kappa shape index (κ3) is 4.61. The van der Waals surface area contributed by atoms with Gasteiger partial charge in [0.1, 0.15) is 5.56 Å². The summed E-state index contributed by atoms with van der Waals surface area (Å²) >= 11 is 0. The van der Waals surface area contributed by atoms with Crippen LogP contribution in [0, 0.1) is 10.1 Å². The molecule has 0 saturated carbocycles. The average molecular weight is 399 g/mol. The van der Waals surface area contributed by atoms with E-state index in [9.17, 15) is 28.1 Å². The lowest BCUT2D eigenvalue weighted by atomic mass is 10.1. The van der Waals surface area contributed by atoms with Gasteiger partial charge in [0.25, 0.3) is 11.6 Å². The Kier molecular flexibility index (Phi) is 6.29. The number of methoxy groups -OCH3 is 1. The summed E-state index contributed by atoms with van der Waals surface area (Å²) in [6.07, 6.45) is -4.65. The van der Waals surface area contributed by atoms with Crippen LogP contribution in [-0.4, -0.2) is 24.5 Å². The van der Waals surface area contributed by atoms with E-state index in [1.807, 2.05) is 5.43 Å². The molecule has 0 fully saturated rings. The van der Waals surface area contributed by atoms with Gasteiger partial charge in [-0.2, -0.15) is 13.2 Å². The molecule has 8 nitrogen and oxygen atoms in total. The summed E-state index contributed by atoms with van der Waals surface area (Å²) in [6, 6.07) is 6.57. The Morgan fingerprint density at radius 2 is 1.89 bits per heavy atom. The Morgan fingerprint density at radius 3 is 2.46 bits per heavy atom. The van der Waals surface area contributed by atoms with Crippen LogP contribution in [0.5, 0.6) is 11.5 Å². The summed E-state index contributed by atoms with van der Waals surface area (Å²) < 4.78 is 49.3. The van der Waals surface area contributed by atoms with Crippen LogP contribution in [0.4, 0.5) is 24.5 Å². The van der Waals surface area contributed by atoms with Crippen LogP contribution in [0.15, 0.2) is 36.4 Å². The summed E-state index contributed by atoms with van der Waals surface area (Å²) in [7, 11) is 1.27. The zero-order valence-electron chi connectivity index (χ0n) is 14.8. The van der Waals surface area contributed by atoms with Gasteiger partial charge in [-0.3, -0.25) is 25.8 Å². The molecule has 0 atom stereocenters. The number of amides is 1. The molecule has 1 amide bonds. The Balaban J connectivity index is 2.34.